The second-order valence-corrected chi connectivity index (χ2v) is 7.44. The maximum absolute atomic E-state index is 14.6. The van der Waals surface area contributed by atoms with Gasteiger partial charge in [-0.2, -0.15) is 0 Å². The molecule has 0 saturated heterocycles. The molecule has 11 nitrogen and oxygen atoms in total. The zero-order valence-corrected chi connectivity index (χ0v) is 21.4. The van der Waals surface area contributed by atoms with E-state index in [1.165, 1.54) is 28.9 Å². The molecule has 4 rings (SSSR count). The first kappa shape index (κ1) is 28.9. The monoisotopic (exact) mass is 513 g/mol. The van der Waals surface area contributed by atoms with Crippen molar-refractivity contribution in [2.24, 2.45) is 10.4 Å². The summed E-state index contributed by atoms with van der Waals surface area (Å²) in [7, 11) is 1.00. The van der Waals surface area contributed by atoms with Crippen LogP contribution in [0.3, 0.4) is 0 Å². The van der Waals surface area contributed by atoms with E-state index in [9.17, 15) is 14.0 Å². The van der Waals surface area contributed by atoms with Gasteiger partial charge in [-0.25, -0.2) is 18.9 Å². The van der Waals surface area contributed by atoms with Crippen LogP contribution in [-0.2, 0) is 9.59 Å². The number of nitrogen functional groups attached to an aromatic ring is 1. The van der Waals surface area contributed by atoms with Gasteiger partial charge in [0.2, 0.25) is 17.7 Å². The Morgan fingerprint density at radius 3 is 2.49 bits per heavy atom. The summed E-state index contributed by atoms with van der Waals surface area (Å²) in [6.07, 6.45) is 5.48. The Balaban J connectivity index is 0.00000115. The van der Waals surface area contributed by atoms with Gasteiger partial charge in [0, 0.05) is 31.1 Å². The highest BCUT2D eigenvalue weighted by Gasteiger charge is 2.56. The lowest BCUT2D eigenvalue weighted by molar-refractivity contribution is -0.133. The van der Waals surface area contributed by atoms with Crippen molar-refractivity contribution >= 4 is 35.2 Å². The molecule has 3 aromatic rings. The Labute approximate surface area is 214 Å². The molecule has 12 heteroatoms. The molecule has 1 fully saturated rings. The smallest absolute Gasteiger partial charge is 0.241 e. The van der Waals surface area contributed by atoms with Crippen LogP contribution in [0.15, 0.2) is 53.4 Å². The minimum Gasteiger partial charge on any atom is -0.434 e. The minimum atomic E-state index is -1.20. The standard InChI is InChI=1S/C22H22FN7O3.C2H6.CH4O/c1-3-17(25-4-2)28-21(32)22(9-10-22)20(31)26-13-5-6-15(14(23)11-13)33-19-8-7-18-27-16(24)12-30(18)29-19;2*1-2/h3-8,11-12H,9-10,24H2,1-2H3,(H,26,31)(H,28,32);1-2H3;2H,1H3/b17-3+,25-4-;;. The molecule has 2 aromatic heterocycles. The number of aliphatic imine (C=N–C) groups is 1. The highest BCUT2D eigenvalue weighted by Crippen LogP contribution is 2.47. The van der Waals surface area contributed by atoms with Crippen molar-refractivity contribution in [1.29, 1.82) is 0 Å². The third-order valence-electron chi connectivity index (χ3n) is 5.12. The van der Waals surface area contributed by atoms with Gasteiger partial charge in [0.05, 0.1) is 6.20 Å². The largest absolute Gasteiger partial charge is 0.434 e. The van der Waals surface area contributed by atoms with Crippen LogP contribution in [0, 0.1) is 11.2 Å². The number of halogens is 1. The third-order valence-corrected chi connectivity index (χ3v) is 5.12. The van der Waals surface area contributed by atoms with Gasteiger partial charge in [-0.3, -0.25) is 9.59 Å². The Bertz CT molecular complexity index is 1300. The van der Waals surface area contributed by atoms with Crippen molar-refractivity contribution in [3.63, 3.8) is 0 Å². The maximum atomic E-state index is 14.6. The summed E-state index contributed by atoms with van der Waals surface area (Å²) < 4.78 is 21.6. The van der Waals surface area contributed by atoms with Gasteiger partial charge in [0.15, 0.2) is 17.2 Å². The van der Waals surface area contributed by atoms with Gasteiger partial charge in [-0.15, -0.1) is 5.10 Å². The molecule has 0 aliphatic heterocycles. The number of rotatable bonds is 7. The molecular weight excluding hydrogens is 481 g/mol. The van der Waals surface area contributed by atoms with Gasteiger partial charge >= 0.3 is 0 Å². The van der Waals surface area contributed by atoms with E-state index in [4.69, 9.17) is 15.6 Å². The molecule has 0 spiro atoms. The SMILES string of the molecule is C/C=N\C(=C/C)NC(=O)C1(C(=O)Nc2ccc(Oc3ccc4nc(N)cn4n3)c(F)c2)CC1.CC.CO. The van der Waals surface area contributed by atoms with Crippen LogP contribution >= 0.6 is 0 Å². The van der Waals surface area contributed by atoms with E-state index >= 15 is 0 Å². The van der Waals surface area contributed by atoms with Crippen molar-refractivity contribution in [3.8, 4) is 11.6 Å². The molecule has 0 atom stereocenters. The zero-order chi connectivity index (χ0) is 27.6. The van der Waals surface area contributed by atoms with Crippen LogP contribution in [-0.4, -0.2) is 44.8 Å². The second kappa shape index (κ2) is 13.1. The third kappa shape index (κ3) is 6.88. The number of fused-ring (bicyclic) bond motifs is 1. The second-order valence-electron chi connectivity index (χ2n) is 7.44. The van der Waals surface area contributed by atoms with E-state index in [0.29, 0.717) is 30.1 Å². The van der Waals surface area contributed by atoms with Crippen LogP contribution in [0.4, 0.5) is 15.9 Å². The number of hydrogen-bond acceptors (Lipinski definition) is 8. The fourth-order valence-electron chi connectivity index (χ4n) is 3.20. The number of hydrogen-bond donors (Lipinski definition) is 4. The van der Waals surface area contributed by atoms with Crippen LogP contribution < -0.4 is 21.1 Å². The first-order chi connectivity index (χ1) is 17.8. The molecule has 198 valence electrons. The van der Waals surface area contributed by atoms with Crippen molar-refractivity contribution in [2.45, 2.75) is 40.5 Å². The number of aliphatic hydroxyl groups excluding tert-OH is 1. The van der Waals surface area contributed by atoms with E-state index in [1.807, 2.05) is 13.8 Å². The number of aliphatic hydroxyl groups is 1. The summed E-state index contributed by atoms with van der Waals surface area (Å²) >= 11 is 0. The predicted octanol–water partition coefficient (Wildman–Crippen LogP) is 3.66. The summed E-state index contributed by atoms with van der Waals surface area (Å²) in [5, 5.41) is 16.4. The number of nitrogens with two attached hydrogens (primary N) is 1. The lowest BCUT2D eigenvalue weighted by Crippen LogP contribution is -2.39. The van der Waals surface area contributed by atoms with Crippen LogP contribution in [0.1, 0.15) is 40.5 Å². The molecular formula is C25H32FN7O4. The maximum Gasteiger partial charge on any atom is 0.241 e. The van der Waals surface area contributed by atoms with E-state index < -0.39 is 23.0 Å². The van der Waals surface area contributed by atoms with E-state index in [-0.39, 0.29) is 17.3 Å². The molecule has 0 radical (unpaired) electrons. The molecule has 1 aliphatic rings. The van der Waals surface area contributed by atoms with E-state index in [1.54, 1.807) is 32.2 Å². The topological polar surface area (TPSA) is 156 Å². The molecule has 1 aliphatic carbocycles. The molecule has 0 unspecified atom stereocenters. The average Bonchev–Trinajstić information content (AvgIpc) is 3.64. The number of anilines is 2. The summed E-state index contributed by atoms with van der Waals surface area (Å²) in [5.74, 6) is -0.940. The van der Waals surface area contributed by atoms with Crippen molar-refractivity contribution in [1.82, 2.24) is 19.9 Å². The quantitative estimate of drug-likeness (QED) is 0.277. The van der Waals surface area contributed by atoms with Gasteiger partial charge in [0.25, 0.3) is 0 Å². The number of amides is 2. The lowest BCUT2D eigenvalue weighted by atomic mass is 10.0. The first-order valence-electron chi connectivity index (χ1n) is 11.7. The van der Waals surface area contributed by atoms with Crippen LogP contribution in [0.2, 0.25) is 0 Å². The highest BCUT2D eigenvalue weighted by atomic mass is 19.1. The molecule has 2 heterocycles. The van der Waals surface area contributed by atoms with Crippen molar-refractivity contribution < 1.29 is 23.8 Å². The minimum absolute atomic E-state index is 0.0815. The van der Waals surface area contributed by atoms with Crippen LogP contribution in [0.5, 0.6) is 11.6 Å². The fourth-order valence-corrected chi connectivity index (χ4v) is 3.20. The van der Waals surface area contributed by atoms with Crippen LogP contribution in [0.25, 0.3) is 5.65 Å². The molecule has 1 aromatic carbocycles. The van der Waals surface area contributed by atoms with Crippen molar-refractivity contribution in [2.75, 3.05) is 18.2 Å². The number of aromatic nitrogens is 3. The highest BCUT2D eigenvalue weighted by molar-refractivity contribution is 6.13. The average molecular weight is 514 g/mol. The van der Waals surface area contributed by atoms with Gasteiger partial charge in [-0.05, 0) is 51.0 Å². The zero-order valence-electron chi connectivity index (χ0n) is 21.4. The lowest BCUT2D eigenvalue weighted by Gasteiger charge is -2.16. The number of carbonyl (C=O) groups excluding carboxylic acids is 2. The molecule has 37 heavy (non-hydrogen) atoms. The predicted molar refractivity (Wildman–Crippen MR) is 140 cm³/mol. The first-order valence-corrected chi connectivity index (χ1v) is 11.7. The number of nitrogens with zero attached hydrogens (tertiary/aromatic N) is 4. The summed E-state index contributed by atoms with van der Waals surface area (Å²) in [5.41, 5.74) is 5.16. The molecule has 5 N–H and O–H groups in total. The molecule has 2 amide bonds. The number of carbonyl (C=O) groups is 2. The number of imidazole rings is 1. The van der Waals surface area contributed by atoms with Gasteiger partial charge in [-0.1, -0.05) is 13.8 Å². The Morgan fingerprint density at radius 2 is 1.89 bits per heavy atom. The normalized spacial score (nSPS) is 13.6. The summed E-state index contributed by atoms with van der Waals surface area (Å²) in [6, 6.07) is 7.14. The Kier molecular flexibility index (Phi) is 10.3. The summed E-state index contributed by atoms with van der Waals surface area (Å²) in [4.78, 5) is 33.5. The number of benzene rings is 1. The number of nitrogens with one attached hydrogen (secondary N) is 2. The van der Waals surface area contributed by atoms with E-state index in [2.05, 4.69) is 25.7 Å². The Hall–Kier alpha value is -4.32. The Morgan fingerprint density at radius 1 is 1.19 bits per heavy atom. The summed E-state index contributed by atoms with van der Waals surface area (Å²) in [6.45, 7) is 7.45. The molecule has 0 bridgehead atoms. The van der Waals surface area contributed by atoms with Crippen molar-refractivity contribution in [3.05, 3.63) is 54.2 Å². The number of allylic oxidation sites excluding steroid dienone is 1. The fraction of sp³-hybridized carbons (Fsp3) is 0.320. The van der Waals surface area contributed by atoms with E-state index in [0.717, 1.165) is 13.2 Å². The number of ether oxygens (including phenoxy) is 1. The van der Waals surface area contributed by atoms with Gasteiger partial charge in [0.1, 0.15) is 17.1 Å². The molecule has 1 saturated carbocycles. The van der Waals surface area contributed by atoms with Gasteiger partial charge < -0.3 is 26.2 Å².